The Hall–Kier alpha value is -1.11. The molecule has 0 fully saturated rings. The van der Waals surface area contributed by atoms with Crippen LogP contribution in [0, 0.1) is 0 Å². The first-order valence-electron chi connectivity index (χ1n) is 6.58. The number of allylic oxidation sites excluding steroid dienone is 1. The summed E-state index contributed by atoms with van der Waals surface area (Å²) >= 11 is 0. The Morgan fingerprint density at radius 2 is 1.74 bits per heavy atom. The van der Waals surface area contributed by atoms with Gasteiger partial charge in [-0.3, -0.25) is 4.57 Å². The first-order valence-corrected chi connectivity index (χ1v) is 8.12. The molecule has 4 heteroatoms. The summed E-state index contributed by atoms with van der Waals surface area (Å²) in [6.07, 6.45) is 2.65. The summed E-state index contributed by atoms with van der Waals surface area (Å²) < 4.78 is 23.7. The van der Waals surface area contributed by atoms with Crippen molar-refractivity contribution < 1.29 is 13.6 Å². The fourth-order valence-electron chi connectivity index (χ4n) is 1.62. The molecule has 19 heavy (non-hydrogen) atoms. The molecule has 0 aliphatic heterocycles. The minimum atomic E-state index is -3.31. The van der Waals surface area contributed by atoms with Gasteiger partial charge in [-0.25, -0.2) is 0 Å². The predicted octanol–water partition coefficient (Wildman–Crippen LogP) is 4.86. The molecule has 0 atom stereocenters. The van der Waals surface area contributed by atoms with Gasteiger partial charge in [-0.2, -0.15) is 0 Å². The minimum absolute atomic E-state index is 0.335. The number of rotatable bonds is 7. The van der Waals surface area contributed by atoms with Gasteiger partial charge in [0, 0.05) is 0 Å². The van der Waals surface area contributed by atoms with Crippen LogP contribution in [0.5, 0.6) is 0 Å². The van der Waals surface area contributed by atoms with Gasteiger partial charge < -0.3 is 9.05 Å². The van der Waals surface area contributed by atoms with E-state index in [1.165, 1.54) is 0 Å². The molecular weight excluding hydrogens is 259 g/mol. The Morgan fingerprint density at radius 1 is 1.16 bits per heavy atom. The molecule has 0 heterocycles. The van der Waals surface area contributed by atoms with Crippen LogP contribution in [0.4, 0.5) is 0 Å². The molecule has 1 rings (SSSR count). The third-order valence-electron chi connectivity index (χ3n) is 2.36. The van der Waals surface area contributed by atoms with Crippen LogP contribution in [-0.2, 0) is 13.6 Å². The van der Waals surface area contributed by atoms with E-state index in [0.717, 1.165) is 12.0 Å². The second-order valence-corrected chi connectivity index (χ2v) is 5.76. The first kappa shape index (κ1) is 15.9. The van der Waals surface area contributed by atoms with E-state index < -0.39 is 7.60 Å². The largest absolute Gasteiger partial charge is 0.369 e. The smallest absolute Gasteiger partial charge is 0.305 e. The Kier molecular flexibility index (Phi) is 6.83. The van der Waals surface area contributed by atoms with Gasteiger partial charge in [0.1, 0.15) is 5.31 Å². The van der Waals surface area contributed by atoms with Gasteiger partial charge in [0.25, 0.3) is 0 Å². The van der Waals surface area contributed by atoms with Crippen LogP contribution in [0.25, 0.3) is 5.31 Å². The molecule has 0 bridgehead atoms. The lowest BCUT2D eigenvalue weighted by Gasteiger charge is -2.18. The molecular formula is C15H21O3P. The zero-order chi connectivity index (χ0) is 14.1. The van der Waals surface area contributed by atoms with Crippen molar-refractivity contribution in [1.29, 1.82) is 0 Å². The fourth-order valence-corrected chi connectivity index (χ4v) is 3.35. The monoisotopic (exact) mass is 280 g/mol. The third kappa shape index (κ3) is 4.49. The van der Waals surface area contributed by atoms with Crippen LogP contribution < -0.4 is 0 Å². The van der Waals surface area contributed by atoms with Crippen LogP contribution in [-0.4, -0.2) is 13.2 Å². The van der Waals surface area contributed by atoms with E-state index in [0.29, 0.717) is 18.5 Å². The van der Waals surface area contributed by atoms with Gasteiger partial charge in [-0.15, -0.1) is 5.73 Å². The zero-order valence-corrected chi connectivity index (χ0v) is 12.7. The number of hydrogen-bond acceptors (Lipinski definition) is 3. The molecule has 1 aromatic carbocycles. The molecule has 0 aromatic heterocycles. The molecule has 104 valence electrons. The van der Waals surface area contributed by atoms with Crippen LogP contribution in [0.1, 0.15) is 32.8 Å². The van der Waals surface area contributed by atoms with E-state index in [9.17, 15) is 4.57 Å². The summed E-state index contributed by atoms with van der Waals surface area (Å²) in [5.41, 5.74) is 3.89. The highest BCUT2D eigenvalue weighted by Crippen LogP contribution is 2.59. The van der Waals surface area contributed by atoms with Gasteiger partial charge >= 0.3 is 7.60 Å². The Labute approximate surface area is 115 Å². The summed E-state index contributed by atoms with van der Waals surface area (Å²) in [5.74, 6) is 0. The quantitative estimate of drug-likeness (QED) is 0.528. The van der Waals surface area contributed by atoms with Crippen molar-refractivity contribution in [1.82, 2.24) is 0 Å². The van der Waals surface area contributed by atoms with E-state index in [-0.39, 0.29) is 0 Å². The van der Waals surface area contributed by atoms with Crippen molar-refractivity contribution in [2.45, 2.75) is 27.2 Å². The minimum Gasteiger partial charge on any atom is -0.305 e. The maximum atomic E-state index is 12.9. The van der Waals surface area contributed by atoms with Crippen LogP contribution in [0.3, 0.4) is 0 Å². The lowest BCUT2D eigenvalue weighted by Crippen LogP contribution is -1.98. The van der Waals surface area contributed by atoms with E-state index in [1.807, 2.05) is 43.3 Å². The average molecular weight is 280 g/mol. The molecule has 0 saturated carbocycles. The number of benzene rings is 1. The van der Waals surface area contributed by atoms with E-state index in [4.69, 9.17) is 9.05 Å². The van der Waals surface area contributed by atoms with Gasteiger partial charge in [0.2, 0.25) is 0 Å². The molecule has 0 aliphatic rings. The molecule has 0 unspecified atom stereocenters. The Balaban J connectivity index is 3.31. The van der Waals surface area contributed by atoms with Gasteiger partial charge in [-0.05, 0) is 31.9 Å². The highest BCUT2D eigenvalue weighted by molar-refractivity contribution is 7.65. The zero-order valence-electron chi connectivity index (χ0n) is 11.8. The molecule has 3 nitrogen and oxygen atoms in total. The maximum Gasteiger partial charge on any atom is 0.369 e. The molecule has 1 aromatic rings. The molecule has 0 radical (unpaired) electrons. The molecule has 0 saturated heterocycles. The van der Waals surface area contributed by atoms with Gasteiger partial charge in [0.05, 0.1) is 13.2 Å². The molecule has 0 aliphatic carbocycles. The lowest BCUT2D eigenvalue weighted by molar-refractivity contribution is 0.230. The molecule has 0 N–H and O–H groups in total. The second-order valence-electron chi connectivity index (χ2n) is 3.80. The van der Waals surface area contributed by atoms with Gasteiger partial charge in [0.15, 0.2) is 0 Å². The van der Waals surface area contributed by atoms with Crippen LogP contribution in [0.15, 0.2) is 42.1 Å². The van der Waals surface area contributed by atoms with Crippen molar-refractivity contribution in [2.24, 2.45) is 0 Å². The van der Waals surface area contributed by atoms with Crippen molar-refractivity contribution in [3.05, 3.63) is 47.7 Å². The Bertz CT molecular complexity index is 477. The predicted molar refractivity (Wildman–Crippen MR) is 79.1 cm³/mol. The van der Waals surface area contributed by atoms with E-state index in [1.54, 1.807) is 13.8 Å². The fraction of sp³-hybridized carbons (Fsp3) is 0.400. The summed E-state index contributed by atoms with van der Waals surface area (Å²) in [6, 6.07) is 9.47. The van der Waals surface area contributed by atoms with Crippen LogP contribution >= 0.6 is 7.60 Å². The standard InChI is InChI=1S/C15H21O3P/c1-4-7-13-15(14-11-9-8-10-12-14)19(16,17-5-2)18-6-3/h7-12H,4-6H2,1-3H3. The summed E-state index contributed by atoms with van der Waals surface area (Å²) in [4.78, 5) is 0. The highest BCUT2D eigenvalue weighted by Gasteiger charge is 2.30. The average Bonchev–Trinajstić information content (AvgIpc) is 2.41. The first-order chi connectivity index (χ1) is 9.18. The topological polar surface area (TPSA) is 35.5 Å². The summed E-state index contributed by atoms with van der Waals surface area (Å²) in [5, 5.41) is 0.499. The van der Waals surface area contributed by atoms with E-state index >= 15 is 0 Å². The van der Waals surface area contributed by atoms with Gasteiger partial charge in [-0.1, -0.05) is 37.3 Å². The second kappa shape index (κ2) is 8.14. The molecule has 0 spiro atoms. The van der Waals surface area contributed by atoms with Crippen molar-refractivity contribution in [3.63, 3.8) is 0 Å². The normalized spacial score (nSPS) is 10.9. The molecule has 0 amide bonds. The van der Waals surface area contributed by atoms with Crippen molar-refractivity contribution >= 4 is 12.9 Å². The summed E-state index contributed by atoms with van der Waals surface area (Å²) in [7, 11) is -3.31. The van der Waals surface area contributed by atoms with Crippen molar-refractivity contribution in [3.8, 4) is 0 Å². The lowest BCUT2D eigenvalue weighted by atomic mass is 10.2. The van der Waals surface area contributed by atoms with E-state index in [2.05, 4.69) is 5.73 Å². The maximum absolute atomic E-state index is 12.9. The SMILES string of the molecule is CCC=C=C(c1ccccc1)P(=O)(OCC)OCC. The Morgan fingerprint density at radius 3 is 2.21 bits per heavy atom. The number of hydrogen-bond donors (Lipinski definition) is 0. The van der Waals surface area contributed by atoms with Crippen LogP contribution in [0.2, 0.25) is 0 Å². The highest BCUT2D eigenvalue weighted by atomic mass is 31.2. The third-order valence-corrected chi connectivity index (χ3v) is 4.49. The summed E-state index contributed by atoms with van der Waals surface area (Å²) in [6.45, 7) is 6.28. The van der Waals surface area contributed by atoms with Crippen molar-refractivity contribution in [2.75, 3.05) is 13.2 Å².